The van der Waals surface area contributed by atoms with Gasteiger partial charge in [-0.25, -0.2) is 4.39 Å². The normalized spacial score (nSPS) is 10.4. The molecule has 0 unspecified atom stereocenters. The van der Waals surface area contributed by atoms with Gasteiger partial charge in [0.15, 0.2) is 5.76 Å². The third-order valence-corrected chi connectivity index (χ3v) is 2.31. The first-order valence-corrected chi connectivity index (χ1v) is 4.69. The summed E-state index contributed by atoms with van der Waals surface area (Å²) >= 11 is 0. The highest BCUT2D eigenvalue weighted by Crippen LogP contribution is 2.35. The Hall–Kier alpha value is -2.04. The van der Waals surface area contributed by atoms with Gasteiger partial charge in [0.25, 0.3) is 0 Å². The van der Waals surface area contributed by atoms with Crippen molar-refractivity contribution in [1.29, 1.82) is 0 Å². The first kappa shape index (κ1) is 10.5. The lowest BCUT2D eigenvalue weighted by Crippen LogP contribution is -1.92. The number of methoxy groups -OCH3 is 1. The molecule has 0 saturated heterocycles. The van der Waals surface area contributed by atoms with E-state index in [9.17, 15) is 4.39 Å². The molecule has 0 aliphatic carbocycles. The SMILES string of the molecule is COc1ccc(F)cc1-c1onc(C)c1N. The number of nitrogen functional groups attached to an aromatic ring is 1. The predicted molar refractivity (Wildman–Crippen MR) is 57.6 cm³/mol. The van der Waals surface area contributed by atoms with Gasteiger partial charge in [-0.2, -0.15) is 0 Å². The number of nitrogens with two attached hydrogens (primary N) is 1. The van der Waals surface area contributed by atoms with Crippen LogP contribution in [0.2, 0.25) is 0 Å². The van der Waals surface area contributed by atoms with Crippen molar-refractivity contribution in [3.63, 3.8) is 0 Å². The molecule has 5 heteroatoms. The maximum Gasteiger partial charge on any atom is 0.193 e. The van der Waals surface area contributed by atoms with E-state index in [-0.39, 0.29) is 5.82 Å². The highest BCUT2D eigenvalue weighted by molar-refractivity contribution is 5.76. The molecule has 0 amide bonds. The molecule has 0 aliphatic heterocycles. The molecule has 16 heavy (non-hydrogen) atoms. The third-order valence-electron chi connectivity index (χ3n) is 2.31. The van der Waals surface area contributed by atoms with Gasteiger partial charge >= 0.3 is 0 Å². The summed E-state index contributed by atoms with van der Waals surface area (Å²) in [6.45, 7) is 1.72. The van der Waals surface area contributed by atoms with E-state index in [1.807, 2.05) is 0 Å². The van der Waals surface area contributed by atoms with Gasteiger partial charge in [0.2, 0.25) is 0 Å². The van der Waals surface area contributed by atoms with Crippen LogP contribution < -0.4 is 10.5 Å². The fourth-order valence-electron chi connectivity index (χ4n) is 1.43. The molecule has 0 fully saturated rings. The minimum Gasteiger partial charge on any atom is -0.496 e. The minimum absolute atomic E-state index is 0.328. The molecule has 1 aromatic heterocycles. The Balaban J connectivity index is 2.62. The number of rotatable bonds is 2. The number of aryl methyl sites for hydroxylation is 1. The van der Waals surface area contributed by atoms with Crippen LogP contribution in [0, 0.1) is 12.7 Å². The van der Waals surface area contributed by atoms with Gasteiger partial charge in [0.1, 0.15) is 22.9 Å². The van der Waals surface area contributed by atoms with Gasteiger partial charge < -0.3 is 15.0 Å². The van der Waals surface area contributed by atoms with Crippen LogP contribution in [0.15, 0.2) is 22.7 Å². The molecule has 2 N–H and O–H groups in total. The molecule has 1 aromatic carbocycles. The summed E-state index contributed by atoms with van der Waals surface area (Å²) in [6.07, 6.45) is 0. The third kappa shape index (κ3) is 1.60. The molecule has 0 spiro atoms. The molecule has 0 radical (unpaired) electrons. The molecule has 1 heterocycles. The van der Waals surface area contributed by atoms with Crippen molar-refractivity contribution >= 4 is 5.69 Å². The highest BCUT2D eigenvalue weighted by Gasteiger charge is 2.16. The zero-order chi connectivity index (χ0) is 11.7. The fraction of sp³-hybridized carbons (Fsp3) is 0.182. The van der Waals surface area contributed by atoms with E-state index in [0.717, 1.165) is 0 Å². The second kappa shape index (κ2) is 3.84. The molecule has 4 nitrogen and oxygen atoms in total. The number of hydrogen-bond acceptors (Lipinski definition) is 4. The Morgan fingerprint density at radius 3 is 2.75 bits per heavy atom. The fourth-order valence-corrected chi connectivity index (χ4v) is 1.43. The number of aromatic nitrogens is 1. The number of ether oxygens (including phenoxy) is 1. The number of halogens is 1. The Kier molecular flexibility index (Phi) is 2.52. The van der Waals surface area contributed by atoms with Gasteiger partial charge in [-0.3, -0.25) is 0 Å². The summed E-state index contributed by atoms with van der Waals surface area (Å²) in [6, 6.07) is 4.12. The quantitative estimate of drug-likeness (QED) is 0.847. The lowest BCUT2D eigenvalue weighted by Gasteiger charge is -2.05. The van der Waals surface area contributed by atoms with Crippen LogP contribution in [-0.2, 0) is 0 Å². The van der Waals surface area contributed by atoms with E-state index >= 15 is 0 Å². The smallest absolute Gasteiger partial charge is 0.193 e. The lowest BCUT2D eigenvalue weighted by atomic mass is 10.1. The maximum atomic E-state index is 13.1. The van der Waals surface area contributed by atoms with Crippen LogP contribution in [0.3, 0.4) is 0 Å². The Bertz CT molecular complexity index is 523. The second-order valence-electron chi connectivity index (χ2n) is 3.36. The highest BCUT2D eigenvalue weighted by atomic mass is 19.1. The van der Waals surface area contributed by atoms with Crippen molar-refractivity contribution < 1.29 is 13.7 Å². The zero-order valence-electron chi connectivity index (χ0n) is 8.95. The van der Waals surface area contributed by atoms with Crippen molar-refractivity contribution in [3.05, 3.63) is 29.7 Å². The van der Waals surface area contributed by atoms with E-state index in [4.69, 9.17) is 15.0 Å². The monoisotopic (exact) mass is 222 g/mol. The summed E-state index contributed by atoms with van der Waals surface area (Å²) in [5, 5.41) is 3.72. The van der Waals surface area contributed by atoms with Crippen LogP contribution in [0.1, 0.15) is 5.69 Å². The van der Waals surface area contributed by atoms with Crippen molar-refractivity contribution in [3.8, 4) is 17.1 Å². The van der Waals surface area contributed by atoms with Crippen molar-refractivity contribution in [2.24, 2.45) is 0 Å². The Morgan fingerprint density at radius 1 is 1.44 bits per heavy atom. The predicted octanol–water partition coefficient (Wildman–Crippen LogP) is 2.38. The van der Waals surface area contributed by atoms with Gasteiger partial charge in [-0.15, -0.1) is 0 Å². The molecular weight excluding hydrogens is 211 g/mol. The van der Waals surface area contributed by atoms with Crippen LogP contribution in [0.5, 0.6) is 5.75 Å². The molecule has 0 bridgehead atoms. The number of nitrogens with zero attached hydrogens (tertiary/aromatic N) is 1. The van der Waals surface area contributed by atoms with Crippen LogP contribution >= 0.6 is 0 Å². The standard InChI is InChI=1S/C11H11FN2O2/c1-6-10(13)11(16-14-6)8-5-7(12)3-4-9(8)15-2/h3-5H,13H2,1-2H3. The molecule has 0 aliphatic rings. The lowest BCUT2D eigenvalue weighted by molar-refractivity contribution is 0.403. The van der Waals surface area contributed by atoms with Gasteiger partial charge in [0, 0.05) is 0 Å². The first-order chi connectivity index (χ1) is 7.63. The van der Waals surface area contributed by atoms with E-state index in [1.54, 1.807) is 6.92 Å². The van der Waals surface area contributed by atoms with Gasteiger partial charge in [-0.05, 0) is 25.1 Å². The average molecular weight is 222 g/mol. The van der Waals surface area contributed by atoms with E-state index in [2.05, 4.69) is 5.16 Å². The topological polar surface area (TPSA) is 61.3 Å². The average Bonchev–Trinajstić information content (AvgIpc) is 2.60. The van der Waals surface area contributed by atoms with Crippen molar-refractivity contribution in [1.82, 2.24) is 5.16 Å². The first-order valence-electron chi connectivity index (χ1n) is 4.69. The molecule has 2 rings (SSSR count). The van der Waals surface area contributed by atoms with Gasteiger partial charge in [0.05, 0.1) is 12.7 Å². The number of benzene rings is 1. The number of anilines is 1. The Labute approximate surface area is 91.8 Å². The summed E-state index contributed by atoms with van der Waals surface area (Å²) in [5.74, 6) is 0.433. The van der Waals surface area contributed by atoms with Crippen molar-refractivity contribution in [2.45, 2.75) is 6.92 Å². The minimum atomic E-state index is -0.385. The van der Waals surface area contributed by atoms with Crippen LogP contribution in [0.25, 0.3) is 11.3 Å². The zero-order valence-corrected chi connectivity index (χ0v) is 8.95. The molecule has 84 valence electrons. The van der Waals surface area contributed by atoms with Crippen molar-refractivity contribution in [2.75, 3.05) is 12.8 Å². The molecule has 0 saturated carbocycles. The van der Waals surface area contributed by atoms with Crippen LogP contribution in [0.4, 0.5) is 10.1 Å². The maximum absolute atomic E-state index is 13.1. The van der Waals surface area contributed by atoms with E-state index < -0.39 is 0 Å². The Morgan fingerprint density at radius 2 is 2.19 bits per heavy atom. The summed E-state index contributed by atoms with van der Waals surface area (Å²) < 4.78 is 23.3. The van der Waals surface area contributed by atoms with E-state index in [1.165, 1.54) is 25.3 Å². The summed E-state index contributed by atoms with van der Waals surface area (Å²) in [4.78, 5) is 0. The molecule has 0 atom stereocenters. The van der Waals surface area contributed by atoms with Crippen LogP contribution in [-0.4, -0.2) is 12.3 Å². The summed E-state index contributed by atoms with van der Waals surface area (Å²) in [5.41, 5.74) is 7.20. The molecular formula is C11H11FN2O2. The molecule has 2 aromatic rings. The van der Waals surface area contributed by atoms with E-state index in [0.29, 0.717) is 28.5 Å². The largest absolute Gasteiger partial charge is 0.496 e. The second-order valence-corrected chi connectivity index (χ2v) is 3.36. The van der Waals surface area contributed by atoms with Gasteiger partial charge in [-0.1, -0.05) is 5.16 Å². The summed E-state index contributed by atoms with van der Waals surface area (Å²) in [7, 11) is 1.50. The number of hydrogen-bond donors (Lipinski definition) is 1.